The Balaban J connectivity index is 1.66. The highest BCUT2D eigenvalue weighted by molar-refractivity contribution is 5.94. The number of carbonyl (C=O) groups is 1. The van der Waals surface area contributed by atoms with Gasteiger partial charge in [-0.2, -0.15) is 13.2 Å². The molecule has 150 valence electrons. The van der Waals surface area contributed by atoms with Crippen LogP contribution in [-0.2, 0) is 0 Å². The lowest BCUT2D eigenvalue weighted by Gasteiger charge is -2.29. The molecule has 8 heteroatoms. The molecule has 5 nitrogen and oxygen atoms in total. The molecule has 1 aliphatic heterocycles. The van der Waals surface area contributed by atoms with E-state index in [1.165, 1.54) is 23.6 Å². The summed E-state index contributed by atoms with van der Waals surface area (Å²) in [5, 5.41) is 9.89. The van der Waals surface area contributed by atoms with Crippen molar-refractivity contribution < 1.29 is 27.8 Å². The number of amides is 1. The van der Waals surface area contributed by atoms with Crippen LogP contribution in [0.25, 0.3) is 0 Å². The highest BCUT2D eigenvalue weighted by Gasteiger charge is 2.53. The van der Waals surface area contributed by atoms with E-state index in [0.29, 0.717) is 11.4 Å². The van der Waals surface area contributed by atoms with Crippen LogP contribution in [0.1, 0.15) is 61.7 Å². The number of hydrogen-bond donors (Lipinski definition) is 1. The van der Waals surface area contributed by atoms with Crippen LogP contribution < -0.4 is 4.74 Å². The zero-order chi connectivity index (χ0) is 19.5. The summed E-state index contributed by atoms with van der Waals surface area (Å²) in [6.45, 7) is 0.0361. The van der Waals surface area contributed by atoms with Gasteiger partial charge in [-0.15, -0.1) is 0 Å². The van der Waals surface area contributed by atoms with E-state index in [2.05, 4.69) is 4.98 Å². The second-order valence-electron chi connectivity index (χ2n) is 7.44. The number of pyridine rings is 1. The third-order valence-corrected chi connectivity index (χ3v) is 5.45. The lowest BCUT2D eigenvalue weighted by molar-refractivity contribution is -0.263. The van der Waals surface area contributed by atoms with Crippen molar-refractivity contribution in [1.29, 1.82) is 0 Å². The number of hydrogen-bond acceptors (Lipinski definition) is 4. The number of aliphatic hydroxyl groups is 1. The van der Waals surface area contributed by atoms with Crippen molar-refractivity contribution in [2.24, 2.45) is 0 Å². The lowest BCUT2D eigenvalue weighted by Crippen LogP contribution is -2.46. The molecule has 1 unspecified atom stereocenters. The number of carbonyl (C=O) groups excluding carboxylic acids is 1. The molecule has 1 saturated carbocycles. The number of alkyl halides is 3. The van der Waals surface area contributed by atoms with Crippen molar-refractivity contribution in [3.8, 4) is 5.88 Å². The van der Waals surface area contributed by atoms with Crippen molar-refractivity contribution in [2.45, 2.75) is 69.2 Å². The summed E-state index contributed by atoms with van der Waals surface area (Å²) in [4.78, 5) is 18.3. The largest absolute Gasteiger partial charge is 0.474 e. The van der Waals surface area contributed by atoms with Crippen molar-refractivity contribution in [1.82, 2.24) is 9.88 Å². The number of likely N-dealkylation sites (tertiary alicyclic amines) is 1. The summed E-state index contributed by atoms with van der Waals surface area (Å²) >= 11 is 0. The SMILES string of the molecule is O=C(c1ccnc(OC2CCCCC2)c1)N1CCCC(O)(C(F)(F)F)CC1. The average Bonchev–Trinajstić information content (AvgIpc) is 2.85. The minimum atomic E-state index is -4.69. The molecule has 0 bridgehead atoms. The standard InChI is InChI=1S/C19H25F3N2O3/c20-19(21,22)18(26)8-4-11-24(12-9-18)17(25)14-7-10-23-16(13-14)27-15-5-2-1-3-6-15/h7,10,13,15,26H,1-6,8-9,11-12H2. The van der Waals surface area contributed by atoms with Crippen LogP contribution >= 0.6 is 0 Å². The third-order valence-electron chi connectivity index (χ3n) is 5.45. The first kappa shape index (κ1) is 19.9. The van der Waals surface area contributed by atoms with Gasteiger partial charge >= 0.3 is 6.18 Å². The van der Waals surface area contributed by atoms with E-state index in [-0.39, 0.29) is 31.5 Å². The molecule has 27 heavy (non-hydrogen) atoms. The third kappa shape index (κ3) is 4.72. The molecule has 1 N–H and O–H groups in total. The maximum Gasteiger partial charge on any atom is 0.417 e. The quantitative estimate of drug-likeness (QED) is 0.860. The first-order chi connectivity index (χ1) is 12.8. The van der Waals surface area contributed by atoms with Gasteiger partial charge in [0.15, 0.2) is 5.60 Å². The Morgan fingerprint density at radius 1 is 1.19 bits per heavy atom. The molecule has 0 spiro atoms. The highest BCUT2D eigenvalue weighted by atomic mass is 19.4. The molecule has 0 aromatic carbocycles. The molecule has 2 heterocycles. The van der Waals surface area contributed by atoms with Gasteiger partial charge in [-0.25, -0.2) is 4.98 Å². The summed E-state index contributed by atoms with van der Waals surface area (Å²) in [7, 11) is 0. The summed E-state index contributed by atoms with van der Waals surface area (Å²) in [6.07, 6.45) is 1.41. The smallest absolute Gasteiger partial charge is 0.417 e. The molecule has 1 aromatic rings. The summed E-state index contributed by atoms with van der Waals surface area (Å²) in [5.41, 5.74) is -2.39. The predicted octanol–water partition coefficient (Wildman–Crippen LogP) is 3.71. The summed E-state index contributed by atoms with van der Waals surface area (Å²) in [6, 6.07) is 3.09. The Morgan fingerprint density at radius 3 is 2.63 bits per heavy atom. The van der Waals surface area contributed by atoms with E-state index in [1.807, 2.05) is 0 Å². The van der Waals surface area contributed by atoms with E-state index in [0.717, 1.165) is 25.7 Å². The summed E-state index contributed by atoms with van der Waals surface area (Å²) in [5.74, 6) is 0.00619. The number of ether oxygens (including phenoxy) is 1. The fraction of sp³-hybridized carbons (Fsp3) is 0.684. The van der Waals surface area contributed by atoms with Crippen molar-refractivity contribution in [3.63, 3.8) is 0 Å². The van der Waals surface area contributed by atoms with E-state index < -0.39 is 24.6 Å². The zero-order valence-corrected chi connectivity index (χ0v) is 15.2. The van der Waals surface area contributed by atoms with Gasteiger partial charge in [0.1, 0.15) is 6.10 Å². The van der Waals surface area contributed by atoms with Crippen LogP contribution in [0.4, 0.5) is 13.2 Å². The first-order valence-corrected chi connectivity index (χ1v) is 9.50. The van der Waals surface area contributed by atoms with Gasteiger partial charge in [0, 0.05) is 37.3 Å². The van der Waals surface area contributed by atoms with Crippen LogP contribution in [0.15, 0.2) is 18.3 Å². The zero-order valence-electron chi connectivity index (χ0n) is 15.2. The second kappa shape index (κ2) is 8.04. The average molecular weight is 386 g/mol. The van der Waals surface area contributed by atoms with E-state index in [4.69, 9.17) is 4.74 Å². The van der Waals surface area contributed by atoms with Gasteiger partial charge in [0.05, 0.1) is 0 Å². The second-order valence-corrected chi connectivity index (χ2v) is 7.44. The molecule has 0 radical (unpaired) electrons. The van der Waals surface area contributed by atoms with Crippen LogP contribution in [0.2, 0.25) is 0 Å². The Bertz CT molecular complexity index is 662. The molecule has 3 rings (SSSR count). The maximum atomic E-state index is 13.1. The molecule has 1 amide bonds. The molecule has 1 saturated heterocycles. The Hall–Kier alpha value is -1.83. The van der Waals surface area contributed by atoms with Gasteiger partial charge in [0.25, 0.3) is 5.91 Å². The molecular formula is C19H25F3N2O3. The molecule has 2 aliphatic rings. The molecule has 2 fully saturated rings. The van der Waals surface area contributed by atoms with E-state index in [9.17, 15) is 23.1 Å². The van der Waals surface area contributed by atoms with E-state index in [1.54, 1.807) is 6.07 Å². The topological polar surface area (TPSA) is 62.7 Å². The van der Waals surface area contributed by atoms with Gasteiger partial charge in [-0.05, 0) is 44.6 Å². The number of halogens is 3. The van der Waals surface area contributed by atoms with Crippen molar-refractivity contribution >= 4 is 5.91 Å². The van der Waals surface area contributed by atoms with Gasteiger partial charge in [0.2, 0.25) is 5.88 Å². The van der Waals surface area contributed by atoms with Gasteiger partial charge < -0.3 is 14.7 Å². The highest BCUT2D eigenvalue weighted by Crippen LogP contribution is 2.38. The fourth-order valence-corrected chi connectivity index (χ4v) is 3.75. The fourth-order valence-electron chi connectivity index (χ4n) is 3.75. The molecule has 1 aliphatic carbocycles. The van der Waals surface area contributed by atoms with Crippen LogP contribution in [0.5, 0.6) is 5.88 Å². The minimum Gasteiger partial charge on any atom is -0.474 e. The lowest BCUT2D eigenvalue weighted by atomic mass is 9.94. The Labute approximate surface area is 156 Å². The molecule has 1 aromatic heterocycles. The number of nitrogens with zero attached hydrogens (tertiary/aromatic N) is 2. The molecular weight excluding hydrogens is 361 g/mol. The Morgan fingerprint density at radius 2 is 1.93 bits per heavy atom. The maximum absolute atomic E-state index is 13.1. The number of aromatic nitrogens is 1. The van der Waals surface area contributed by atoms with Gasteiger partial charge in [-0.3, -0.25) is 4.79 Å². The predicted molar refractivity (Wildman–Crippen MR) is 92.5 cm³/mol. The number of rotatable bonds is 3. The van der Waals surface area contributed by atoms with E-state index >= 15 is 0 Å². The van der Waals surface area contributed by atoms with Gasteiger partial charge in [-0.1, -0.05) is 6.42 Å². The van der Waals surface area contributed by atoms with Crippen LogP contribution in [0, 0.1) is 0 Å². The normalized spacial score (nSPS) is 25.1. The monoisotopic (exact) mass is 386 g/mol. The minimum absolute atomic E-state index is 0.0941. The summed E-state index contributed by atoms with van der Waals surface area (Å²) < 4.78 is 45.0. The Kier molecular flexibility index (Phi) is 5.93. The molecule has 1 atom stereocenters. The first-order valence-electron chi connectivity index (χ1n) is 9.50. The van der Waals surface area contributed by atoms with Crippen molar-refractivity contribution in [2.75, 3.05) is 13.1 Å². The van der Waals surface area contributed by atoms with Crippen LogP contribution in [-0.4, -0.2) is 51.9 Å². The van der Waals surface area contributed by atoms with Crippen LogP contribution in [0.3, 0.4) is 0 Å². The van der Waals surface area contributed by atoms with Crippen molar-refractivity contribution in [3.05, 3.63) is 23.9 Å².